The predicted octanol–water partition coefficient (Wildman–Crippen LogP) is 4.93. The summed E-state index contributed by atoms with van der Waals surface area (Å²) in [5.74, 6) is 0. The van der Waals surface area contributed by atoms with Crippen molar-refractivity contribution in [1.82, 2.24) is 0 Å². The van der Waals surface area contributed by atoms with Crippen molar-refractivity contribution in [2.45, 2.75) is 0 Å². The first kappa shape index (κ1) is 12.8. The fraction of sp³-hybridized carbons (Fsp3) is 0.143. The van der Waals surface area contributed by atoms with Gasteiger partial charge in [-0.3, -0.25) is 0 Å². The van der Waals surface area contributed by atoms with E-state index in [4.69, 9.17) is 0 Å². The summed E-state index contributed by atoms with van der Waals surface area (Å²) in [6.07, 6.45) is 0. The molecule has 0 atom stereocenters. The van der Waals surface area contributed by atoms with E-state index < -0.39 is 0 Å². The van der Waals surface area contributed by atoms with Crippen molar-refractivity contribution in [2.75, 3.05) is 19.0 Å². The van der Waals surface area contributed by atoms with Crippen LogP contribution in [0.2, 0.25) is 0 Å². The van der Waals surface area contributed by atoms with Gasteiger partial charge in [0.2, 0.25) is 0 Å². The average molecular weight is 304 g/mol. The van der Waals surface area contributed by atoms with Crippen LogP contribution < -0.4 is 4.90 Å². The molecule has 0 aliphatic rings. The molecule has 0 heterocycles. The molecule has 0 aliphatic carbocycles. The van der Waals surface area contributed by atoms with Gasteiger partial charge in [-0.2, -0.15) is 10.2 Å². The van der Waals surface area contributed by atoms with Gasteiger partial charge in [-0.15, -0.1) is 0 Å². The number of halogens is 1. The summed E-state index contributed by atoms with van der Waals surface area (Å²) in [5.41, 5.74) is 2.83. The lowest BCUT2D eigenvalue weighted by Crippen LogP contribution is -2.07. The normalized spacial score (nSPS) is 10.8. The molecule has 2 aromatic rings. The highest BCUT2D eigenvalue weighted by atomic mass is 79.9. The van der Waals surface area contributed by atoms with E-state index in [2.05, 4.69) is 31.1 Å². The SMILES string of the molecule is CN(C)c1ccc(N=Nc2cccc(Br)c2)cc1. The van der Waals surface area contributed by atoms with Crippen molar-refractivity contribution < 1.29 is 0 Å². The van der Waals surface area contributed by atoms with Crippen LogP contribution in [0.4, 0.5) is 17.1 Å². The summed E-state index contributed by atoms with van der Waals surface area (Å²) in [6.45, 7) is 0. The van der Waals surface area contributed by atoms with E-state index in [1.54, 1.807) is 0 Å². The first-order chi connectivity index (χ1) is 8.65. The maximum absolute atomic E-state index is 4.20. The first-order valence-electron chi connectivity index (χ1n) is 5.60. The molecule has 0 saturated heterocycles. The molecule has 18 heavy (non-hydrogen) atoms. The highest BCUT2D eigenvalue weighted by molar-refractivity contribution is 9.10. The topological polar surface area (TPSA) is 28.0 Å². The van der Waals surface area contributed by atoms with Crippen LogP contribution in [0, 0.1) is 0 Å². The number of rotatable bonds is 3. The van der Waals surface area contributed by atoms with Gasteiger partial charge in [0.25, 0.3) is 0 Å². The van der Waals surface area contributed by atoms with E-state index in [1.807, 2.05) is 62.6 Å². The summed E-state index contributed by atoms with van der Waals surface area (Å²) in [6, 6.07) is 15.7. The molecule has 2 rings (SSSR count). The predicted molar refractivity (Wildman–Crippen MR) is 79.1 cm³/mol. The Hall–Kier alpha value is -1.68. The lowest BCUT2D eigenvalue weighted by Gasteiger charge is -2.11. The van der Waals surface area contributed by atoms with E-state index in [0.29, 0.717) is 0 Å². The number of azo groups is 1. The fourth-order valence-corrected chi connectivity index (χ4v) is 1.86. The van der Waals surface area contributed by atoms with Gasteiger partial charge in [-0.1, -0.05) is 22.0 Å². The second-order valence-electron chi connectivity index (χ2n) is 4.09. The van der Waals surface area contributed by atoms with E-state index in [9.17, 15) is 0 Å². The Kier molecular flexibility index (Phi) is 4.10. The van der Waals surface area contributed by atoms with Gasteiger partial charge in [-0.05, 0) is 42.5 Å². The van der Waals surface area contributed by atoms with Gasteiger partial charge >= 0.3 is 0 Å². The molecule has 0 aromatic heterocycles. The highest BCUT2D eigenvalue weighted by Crippen LogP contribution is 2.23. The largest absolute Gasteiger partial charge is 0.378 e. The van der Waals surface area contributed by atoms with Crippen LogP contribution in [0.25, 0.3) is 0 Å². The van der Waals surface area contributed by atoms with Crippen LogP contribution in [0.1, 0.15) is 0 Å². The molecule has 3 nitrogen and oxygen atoms in total. The van der Waals surface area contributed by atoms with Gasteiger partial charge in [0.15, 0.2) is 0 Å². The summed E-state index contributed by atoms with van der Waals surface area (Å²) in [7, 11) is 4.02. The molecule has 0 aliphatic heterocycles. The van der Waals surface area contributed by atoms with E-state index in [-0.39, 0.29) is 0 Å². The maximum atomic E-state index is 4.20. The van der Waals surface area contributed by atoms with Crippen LogP contribution in [0.5, 0.6) is 0 Å². The Morgan fingerprint density at radius 2 is 1.56 bits per heavy atom. The maximum Gasteiger partial charge on any atom is 0.0868 e. The standard InChI is InChI=1S/C14H14BrN3/c1-18(2)14-8-6-12(7-9-14)16-17-13-5-3-4-11(15)10-13/h3-10H,1-2H3. The van der Waals surface area contributed by atoms with Crippen LogP contribution in [0.3, 0.4) is 0 Å². The quantitative estimate of drug-likeness (QED) is 0.739. The second-order valence-corrected chi connectivity index (χ2v) is 5.01. The highest BCUT2D eigenvalue weighted by Gasteiger charge is 1.95. The summed E-state index contributed by atoms with van der Waals surface area (Å²) < 4.78 is 1.00. The number of hydrogen-bond acceptors (Lipinski definition) is 3. The van der Waals surface area contributed by atoms with Crippen molar-refractivity contribution in [2.24, 2.45) is 10.2 Å². The minimum absolute atomic E-state index is 0.834. The molecule has 0 amide bonds. The summed E-state index contributed by atoms with van der Waals surface area (Å²) >= 11 is 3.41. The lowest BCUT2D eigenvalue weighted by atomic mass is 10.3. The van der Waals surface area contributed by atoms with Crippen molar-refractivity contribution in [3.05, 3.63) is 53.0 Å². The molecule has 0 spiro atoms. The van der Waals surface area contributed by atoms with Gasteiger partial charge in [-0.25, -0.2) is 0 Å². The van der Waals surface area contributed by atoms with E-state index >= 15 is 0 Å². The van der Waals surface area contributed by atoms with Crippen molar-refractivity contribution >= 4 is 33.0 Å². The van der Waals surface area contributed by atoms with Crippen molar-refractivity contribution in [3.8, 4) is 0 Å². The zero-order chi connectivity index (χ0) is 13.0. The monoisotopic (exact) mass is 303 g/mol. The second kappa shape index (κ2) is 5.78. The molecule has 0 fully saturated rings. The minimum atomic E-state index is 0.834. The lowest BCUT2D eigenvalue weighted by molar-refractivity contribution is 1.13. The third-order valence-electron chi connectivity index (χ3n) is 2.46. The van der Waals surface area contributed by atoms with Crippen molar-refractivity contribution in [3.63, 3.8) is 0 Å². The third kappa shape index (κ3) is 3.40. The molecule has 2 aromatic carbocycles. The van der Waals surface area contributed by atoms with Gasteiger partial charge in [0.05, 0.1) is 11.4 Å². The number of nitrogens with zero attached hydrogens (tertiary/aromatic N) is 3. The van der Waals surface area contributed by atoms with E-state index in [0.717, 1.165) is 21.5 Å². The molecule has 0 N–H and O–H groups in total. The molecule has 0 bridgehead atoms. The Balaban J connectivity index is 2.14. The molecular formula is C14H14BrN3. The molecule has 0 saturated carbocycles. The molecule has 0 unspecified atom stereocenters. The molecule has 0 radical (unpaired) electrons. The van der Waals surface area contributed by atoms with E-state index in [1.165, 1.54) is 0 Å². The average Bonchev–Trinajstić information content (AvgIpc) is 2.37. The Morgan fingerprint density at radius 3 is 2.17 bits per heavy atom. The Labute approximate surface area is 115 Å². The number of anilines is 1. The smallest absolute Gasteiger partial charge is 0.0868 e. The Morgan fingerprint density at radius 1 is 0.889 bits per heavy atom. The zero-order valence-corrected chi connectivity index (χ0v) is 11.9. The van der Waals surface area contributed by atoms with Crippen LogP contribution in [-0.2, 0) is 0 Å². The number of hydrogen-bond donors (Lipinski definition) is 0. The fourth-order valence-electron chi connectivity index (χ4n) is 1.47. The Bertz CT molecular complexity index is 547. The van der Waals surface area contributed by atoms with Crippen molar-refractivity contribution in [1.29, 1.82) is 0 Å². The first-order valence-corrected chi connectivity index (χ1v) is 6.39. The summed E-state index contributed by atoms with van der Waals surface area (Å²) in [5, 5.41) is 8.40. The van der Waals surface area contributed by atoms with Crippen LogP contribution in [0.15, 0.2) is 63.2 Å². The van der Waals surface area contributed by atoms with Gasteiger partial charge in [0.1, 0.15) is 0 Å². The number of benzene rings is 2. The molecule has 4 heteroatoms. The third-order valence-corrected chi connectivity index (χ3v) is 2.95. The van der Waals surface area contributed by atoms with Gasteiger partial charge < -0.3 is 4.90 Å². The summed E-state index contributed by atoms with van der Waals surface area (Å²) in [4.78, 5) is 2.05. The molecular weight excluding hydrogens is 290 g/mol. The van der Waals surface area contributed by atoms with Gasteiger partial charge in [0, 0.05) is 24.3 Å². The molecule has 92 valence electrons. The van der Waals surface area contributed by atoms with Crippen LogP contribution >= 0.6 is 15.9 Å². The minimum Gasteiger partial charge on any atom is -0.378 e. The zero-order valence-electron chi connectivity index (χ0n) is 10.3. The van der Waals surface area contributed by atoms with Crippen LogP contribution in [-0.4, -0.2) is 14.1 Å².